The molecule has 0 aliphatic carbocycles. The molecule has 4 aromatic carbocycles. The van der Waals surface area contributed by atoms with Crippen molar-refractivity contribution in [2.24, 2.45) is 0 Å². The number of anilines is 1. The average molecular weight is 687 g/mol. The number of carbonyl (C=O) groups excluding carboxylic acids is 2. The minimum atomic E-state index is -4.38. The van der Waals surface area contributed by atoms with E-state index in [1.54, 1.807) is 32.0 Å². The number of methoxy groups -OCH3 is 1. The molecule has 1 N–H and O–H groups in total. The van der Waals surface area contributed by atoms with Gasteiger partial charge in [0.05, 0.1) is 17.7 Å². The number of benzene rings is 4. The van der Waals surface area contributed by atoms with Gasteiger partial charge in [-0.05, 0) is 80.1 Å². The highest BCUT2D eigenvalue weighted by molar-refractivity contribution is 7.92. The van der Waals surface area contributed by atoms with Crippen molar-refractivity contribution >= 4 is 50.7 Å². The number of amides is 2. The Bertz CT molecular complexity index is 1740. The van der Waals surface area contributed by atoms with E-state index in [9.17, 15) is 22.4 Å². The molecule has 0 radical (unpaired) electrons. The van der Waals surface area contributed by atoms with E-state index in [4.69, 9.17) is 27.9 Å². The molecule has 0 saturated heterocycles. The summed E-state index contributed by atoms with van der Waals surface area (Å²) in [7, 11) is -2.93. The monoisotopic (exact) mass is 685 g/mol. The Morgan fingerprint density at radius 2 is 1.48 bits per heavy atom. The zero-order chi connectivity index (χ0) is 33.4. The Hall–Kier alpha value is -4.12. The molecule has 1 atom stereocenters. The van der Waals surface area contributed by atoms with E-state index in [2.05, 4.69) is 5.32 Å². The lowest BCUT2D eigenvalue weighted by Gasteiger charge is -2.34. The van der Waals surface area contributed by atoms with Crippen molar-refractivity contribution in [1.82, 2.24) is 10.2 Å². The van der Waals surface area contributed by atoms with Gasteiger partial charge >= 0.3 is 0 Å². The summed E-state index contributed by atoms with van der Waals surface area (Å²) in [5.41, 5.74) is 1.21. The van der Waals surface area contributed by atoms with Crippen LogP contribution in [0.5, 0.6) is 5.75 Å². The van der Waals surface area contributed by atoms with Crippen molar-refractivity contribution < 1.29 is 27.1 Å². The van der Waals surface area contributed by atoms with Gasteiger partial charge in [0.1, 0.15) is 24.2 Å². The molecule has 4 aromatic rings. The van der Waals surface area contributed by atoms with Gasteiger partial charge in [0.2, 0.25) is 11.8 Å². The Labute approximate surface area is 278 Å². The van der Waals surface area contributed by atoms with Crippen molar-refractivity contribution in [2.75, 3.05) is 18.0 Å². The van der Waals surface area contributed by atoms with E-state index >= 15 is 0 Å². The predicted molar refractivity (Wildman–Crippen MR) is 178 cm³/mol. The smallest absolute Gasteiger partial charge is 0.264 e. The van der Waals surface area contributed by atoms with Crippen LogP contribution in [0.25, 0.3) is 0 Å². The van der Waals surface area contributed by atoms with Crippen LogP contribution in [-0.2, 0) is 32.6 Å². The molecule has 0 saturated carbocycles. The van der Waals surface area contributed by atoms with E-state index in [0.717, 1.165) is 22.0 Å². The normalized spacial score (nSPS) is 12.0. The molecule has 0 bridgehead atoms. The molecule has 0 unspecified atom stereocenters. The van der Waals surface area contributed by atoms with Crippen molar-refractivity contribution in [1.29, 1.82) is 0 Å². The fourth-order valence-electron chi connectivity index (χ4n) is 4.80. The maximum Gasteiger partial charge on any atom is 0.264 e. The van der Waals surface area contributed by atoms with Crippen LogP contribution < -0.4 is 14.4 Å². The van der Waals surface area contributed by atoms with Crippen LogP contribution in [0, 0.1) is 5.82 Å². The molecular formula is C34H34Cl2FN3O5S. The fourth-order valence-corrected chi connectivity index (χ4v) is 6.73. The van der Waals surface area contributed by atoms with Gasteiger partial charge in [-0.2, -0.15) is 0 Å². The summed E-state index contributed by atoms with van der Waals surface area (Å²) in [6, 6.07) is 23.1. The number of nitrogens with one attached hydrogen (secondary N) is 1. The number of hydrogen-bond donors (Lipinski definition) is 1. The Kier molecular flexibility index (Phi) is 11.7. The number of hydrogen-bond acceptors (Lipinski definition) is 5. The number of nitrogens with zero attached hydrogens (tertiary/aromatic N) is 2. The SMILES string of the molecule is COc1ccc(S(=O)(=O)N(CC(=O)N(Cc2c(Cl)cccc2Cl)[C@@H](Cc2ccccc2)C(=O)NC(C)C)c2ccc(F)cc2)cc1. The summed E-state index contributed by atoms with van der Waals surface area (Å²) in [4.78, 5) is 29.4. The Morgan fingerprint density at radius 3 is 2.04 bits per heavy atom. The first-order chi connectivity index (χ1) is 21.9. The zero-order valence-electron chi connectivity index (χ0n) is 25.5. The summed E-state index contributed by atoms with van der Waals surface area (Å²) in [5, 5.41) is 3.43. The van der Waals surface area contributed by atoms with E-state index in [1.807, 2.05) is 30.3 Å². The first-order valence-electron chi connectivity index (χ1n) is 14.4. The van der Waals surface area contributed by atoms with E-state index in [-0.39, 0.29) is 39.6 Å². The molecule has 0 spiro atoms. The molecular weight excluding hydrogens is 652 g/mol. The molecule has 46 heavy (non-hydrogen) atoms. The van der Waals surface area contributed by atoms with Crippen LogP contribution in [0.1, 0.15) is 25.0 Å². The molecule has 2 amide bonds. The fraction of sp³-hybridized carbons (Fsp3) is 0.235. The highest BCUT2D eigenvalue weighted by atomic mass is 35.5. The third-order valence-corrected chi connectivity index (χ3v) is 9.63. The standard InChI is InChI=1S/C34H34Cl2FN3O5S/c1-23(2)38-34(42)32(20-24-8-5-4-6-9-24)39(21-29-30(35)10-7-11-31(29)36)33(41)22-40(26-14-12-25(37)13-15-26)46(43,44)28-18-16-27(45-3)17-19-28/h4-19,23,32H,20-22H2,1-3H3,(H,38,42)/t32-/m0/s1. The third kappa shape index (κ3) is 8.57. The van der Waals surface area contributed by atoms with Crippen molar-refractivity contribution in [2.45, 2.75) is 43.8 Å². The van der Waals surface area contributed by atoms with E-state index < -0.39 is 40.2 Å². The topological polar surface area (TPSA) is 96.0 Å². The molecule has 8 nitrogen and oxygen atoms in total. The first-order valence-corrected chi connectivity index (χ1v) is 16.6. The maximum absolute atomic E-state index is 14.5. The van der Waals surface area contributed by atoms with Gasteiger partial charge in [-0.1, -0.05) is 59.6 Å². The average Bonchev–Trinajstić information content (AvgIpc) is 3.03. The van der Waals surface area contributed by atoms with Crippen LogP contribution in [0.15, 0.2) is 102 Å². The lowest BCUT2D eigenvalue weighted by Crippen LogP contribution is -2.54. The van der Waals surface area contributed by atoms with Gasteiger partial charge in [0, 0.05) is 34.6 Å². The summed E-state index contributed by atoms with van der Waals surface area (Å²) in [6.07, 6.45) is 0.120. The number of rotatable bonds is 13. The van der Waals surface area contributed by atoms with Crippen LogP contribution in [0.3, 0.4) is 0 Å². The van der Waals surface area contributed by atoms with Gasteiger partial charge in [-0.15, -0.1) is 0 Å². The molecule has 0 aliphatic rings. The van der Waals surface area contributed by atoms with Gasteiger partial charge in [-0.3, -0.25) is 13.9 Å². The van der Waals surface area contributed by atoms with Crippen molar-refractivity contribution in [3.05, 3.63) is 124 Å². The van der Waals surface area contributed by atoms with Gasteiger partial charge in [0.15, 0.2) is 0 Å². The van der Waals surface area contributed by atoms with Crippen LogP contribution in [0.2, 0.25) is 10.0 Å². The minimum absolute atomic E-state index is 0.0486. The lowest BCUT2D eigenvalue weighted by molar-refractivity contribution is -0.140. The van der Waals surface area contributed by atoms with Crippen molar-refractivity contribution in [3.63, 3.8) is 0 Å². The Morgan fingerprint density at radius 1 is 0.870 bits per heavy atom. The van der Waals surface area contributed by atoms with Gasteiger partial charge in [0.25, 0.3) is 10.0 Å². The number of sulfonamides is 1. The molecule has 12 heteroatoms. The lowest BCUT2D eigenvalue weighted by atomic mass is 10.0. The second kappa shape index (κ2) is 15.4. The third-order valence-electron chi connectivity index (χ3n) is 7.13. The van der Waals surface area contributed by atoms with Gasteiger partial charge < -0.3 is 15.0 Å². The number of carbonyl (C=O) groups is 2. The second-order valence-electron chi connectivity index (χ2n) is 10.8. The summed E-state index contributed by atoms with van der Waals surface area (Å²) in [6.45, 7) is 2.68. The molecule has 242 valence electrons. The molecule has 0 aliphatic heterocycles. The highest BCUT2D eigenvalue weighted by Gasteiger charge is 2.35. The molecule has 4 rings (SSSR count). The van der Waals surface area contributed by atoms with Crippen LogP contribution in [-0.4, -0.2) is 50.9 Å². The van der Waals surface area contributed by atoms with Crippen LogP contribution in [0.4, 0.5) is 10.1 Å². The molecule has 0 heterocycles. The van der Waals surface area contributed by atoms with E-state index in [1.165, 1.54) is 48.4 Å². The summed E-state index contributed by atoms with van der Waals surface area (Å²) < 4.78 is 48.2. The molecule has 0 aromatic heterocycles. The summed E-state index contributed by atoms with van der Waals surface area (Å²) in [5.74, 6) is -1.30. The predicted octanol–water partition coefficient (Wildman–Crippen LogP) is 6.50. The summed E-state index contributed by atoms with van der Waals surface area (Å²) >= 11 is 13.1. The first kappa shape index (κ1) is 34.7. The van der Waals surface area contributed by atoms with Crippen molar-refractivity contribution in [3.8, 4) is 5.75 Å². The quantitative estimate of drug-likeness (QED) is 0.173. The number of ether oxygens (including phenoxy) is 1. The molecule has 0 fully saturated rings. The van der Waals surface area contributed by atoms with E-state index in [0.29, 0.717) is 11.3 Å². The minimum Gasteiger partial charge on any atom is -0.497 e. The largest absolute Gasteiger partial charge is 0.497 e. The highest BCUT2D eigenvalue weighted by Crippen LogP contribution is 2.29. The number of halogens is 3. The Balaban J connectivity index is 1.83. The van der Waals surface area contributed by atoms with Crippen LogP contribution >= 0.6 is 23.2 Å². The van der Waals surface area contributed by atoms with Gasteiger partial charge in [-0.25, -0.2) is 12.8 Å². The maximum atomic E-state index is 14.5. The zero-order valence-corrected chi connectivity index (χ0v) is 27.8. The second-order valence-corrected chi connectivity index (χ2v) is 13.4.